The molecular formula is C12H14N6S2. The van der Waals surface area contributed by atoms with Gasteiger partial charge in [0.2, 0.25) is 0 Å². The topological polar surface area (TPSA) is 92.5 Å². The summed E-state index contributed by atoms with van der Waals surface area (Å²) >= 11 is 2.94. The molecular weight excluding hydrogens is 292 g/mol. The van der Waals surface area contributed by atoms with Crippen LogP contribution < -0.4 is 11.1 Å². The van der Waals surface area contributed by atoms with Crippen molar-refractivity contribution in [2.45, 2.75) is 20.4 Å². The third-order valence-electron chi connectivity index (χ3n) is 2.93. The average Bonchev–Trinajstić information content (AvgIpc) is 3.09. The zero-order valence-corrected chi connectivity index (χ0v) is 12.7. The van der Waals surface area contributed by atoms with Crippen molar-refractivity contribution in [2.75, 3.05) is 11.1 Å². The lowest BCUT2D eigenvalue weighted by molar-refractivity contribution is 1.04. The van der Waals surface area contributed by atoms with E-state index in [4.69, 9.17) is 5.73 Å². The fourth-order valence-corrected chi connectivity index (χ4v) is 3.46. The molecule has 0 aliphatic heterocycles. The van der Waals surface area contributed by atoms with Crippen LogP contribution in [-0.4, -0.2) is 19.6 Å². The summed E-state index contributed by atoms with van der Waals surface area (Å²) in [6, 6.07) is 0. The summed E-state index contributed by atoms with van der Waals surface area (Å²) < 4.78 is 4.22. The molecule has 0 unspecified atom stereocenters. The van der Waals surface area contributed by atoms with Crippen LogP contribution in [-0.2, 0) is 6.54 Å². The highest BCUT2D eigenvalue weighted by molar-refractivity contribution is 7.15. The molecule has 0 saturated heterocycles. The van der Waals surface area contributed by atoms with E-state index in [9.17, 15) is 0 Å². The number of aromatic nitrogens is 4. The molecule has 0 atom stereocenters. The number of nitrogen functional groups attached to an aromatic ring is 1. The number of rotatable bonds is 4. The third-order valence-corrected chi connectivity index (χ3v) is 4.72. The number of nitrogens with zero attached hydrogens (tertiary/aromatic N) is 3. The van der Waals surface area contributed by atoms with Gasteiger partial charge < -0.3 is 11.1 Å². The lowest BCUT2D eigenvalue weighted by Gasteiger charge is -2.04. The number of aromatic amines is 1. The summed E-state index contributed by atoms with van der Waals surface area (Å²) in [5.41, 5.74) is 10.0. The first-order valence-electron chi connectivity index (χ1n) is 6.05. The smallest absolute Gasteiger partial charge is 0.149 e. The number of nitrogens with two attached hydrogens (primary N) is 1. The van der Waals surface area contributed by atoms with Gasteiger partial charge in [0.05, 0.1) is 11.8 Å². The maximum atomic E-state index is 5.97. The van der Waals surface area contributed by atoms with Gasteiger partial charge in [-0.25, -0.2) is 4.98 Å². The van der Waals surface area contributed by atoms with E-state index in [2.05, 4.69) is 24.9 Å². The van der Waals surface area contributed by atoms with Crippen molar-refractivity contribution >= 4 is 33.7 Å². The molecule has 0 radical (unpaired) electrons. The van der Waals surface area contributed by atoms with Crippen molar-refractivity contribution in [2.24, 2.45) is 0 Å². The van der Waals surface area contributed by atoms with Crippen molar-refractivity contribution in [3.63, 3.8) is 0 Å². The standard InChI is InChI=1S/C12H14N6S2/c1-6-5-19-12(16-6)9-10(13)18-20-11(9)14-3-8-4-15-17-7(8)2/h4-5,14H,3H2,1-2H3,(H2,13,18)(H,15,17). The number of aryl methyl sites for hydroxylation is 2. The monoisotopic (exact) mass is 306 g/mol. The summed E-state index contributed by atoms with van der Waals surface area (Å²) in [7, 11) is 0. The lowest BCUT2D eigenvalue weighted by atomic mass is 10.2. The SMILES string of the molecule is Cc1csc(-c2c(N)nsc2NCc2cn[nH]c2C)n1. The van der Waals surface area contributed by atoms with Crippen molar-refractivity contribution in [3.8, 4) is 10.6 Å². The minimum absolute atomic E-state index is 0.524. The van der Waals surface area contributed by atoms with Crippen LogP contribution in [0.15, 0.2) is 11.6 Å². The van der Waals surface area contributed by atoms with Gasteiger partial charge in [-0.15, -0.1) is 11.3 Å². The molecule has 0 aromatic carbocycles. The molecule has 0 aliphatic rings. The Morgan fingerprint density at radius 2 is 2.25 bits per heavy atom. The number of hydrogen-bond acceptors (Lipinski definition) is 7. The summed E-state index contributed by atoms with van der Waals surface area (Å²) in [5.74, 6) is 0.524. The van der Waals surface area contributed by atoms with E-state index in [0.717, 1.165) is 32.5 Å². The molecule has 8 heteroatoms. The Morgan fingerprint density at radius 1 is 1.40 bits per heavy atom. The molecule has 4 N–H and O–H groups in total. The quantitative estimate of drug-likeness (QED) is 0.689. The van der Waals surface area contributed by atoms with Crippen LogP contribution in [0, 0.1) is 13.8 Å². The Balaban J connectivity index is 1.86. The molecule has 0 saturated carbocycles. The van der Waals surface area contributed by atoms with Crippen molar-refractivity contribution in [3.05, 3.63) is 28.5 Å². The number of hydrogen-bond donors (Lipinski definition) is 3. The molecule has 3 heterocycles. The van der Waals surface area contributed by atoms with Crippen LogP contribution in [0.5, 0.6) is 0 Å². The van der Waals surface area contributed by atoms with Crippen LogP contribution in [0.2, 0.25) is 0 Å². The molecule has 0 amide bonds. The van der Waals surface area contributed by atoms with Gasteiger partial charge >= 0.3 is 0 Å². The summed E-state index contributed by atoms with van der Waals surface area (Å²) in [5, 5.41) is 14.2. The van der Waals surface area contributed by atoms with E-state index in [1.807, 2.05) is 25.4 Å². The van der Waals surface area contributed by atoms with E-state index in [1.54, 1.807) is 11.3 Å². The Hall–Kier alpha value is -1.93. The predicted molar refractivity (Wildman–Crippen MR) is 83.0 cm³/mol. The molecule has 3 rings (SSSR count). The van der Waals surface area contributed by atoms with Gasteiger partial charge in [-0.05, 0) is 25.4 Å². The van der Waals surface area contributed by atoms with Gasteiger partial charge in [-0.3, -0.25) is 5.10 Å². The van der Waals surface area contributed by atoms with Crippen molar-refractivity contribution in [1.82, 2.24) is 19.6 Å². The van der Waals surface area contributed by atoms with E-state index in [-0.39, 0.29) is 0 Å². The van der Waals surface area contributed by atoms with E-state index in [0.29, 0.717) is 12.4 Å². The van der Waals surface area contributed by atoms with Gasteiger partial charge in [-0.2, -0.15) is 9.47 Å². The zero-order valence-electron chi connectivity index (χ0n) is 11.1. The summed E-state index contributed by atoms with van der Waals surface area (Å²) in [6.07, 6.45) is 1.82. The van der Waals surface area contributed by atoms with Crippen LogP contribution in [0.25, 0.3) is 10.6 Å². The van der Waals surface area contributed by atoms with Crippen LogP contribution in [0.4, 0.5) is 10.8 Å². The highest BCUT2D eigenvalue weighted by atomic mass is 32.1. The van der Waals surface area contributed by atoms with Gasteiger partial charge in [-0.1, -0.05) is 0 Å². The molecule has 6 nitrogen and oxygen atoms in total. The predicted octanol–water partition coefficient (Wildman–Crippen LogP) is 2.80. The second kappa shape index (κ2) is 5.22. The van der Waals surface area contributed by atoms with Crippen molar-refractivity contribution < 1.29 is 0 Å². The van der Waals surface area contributed by atoms with E-state index in [1.165, 1.54) is 11.5 Å². The molecule has 3 aromatic rings. The first-order valence-corrected chi connectivity index (χ1v) is 7.71. The summed E-state index contributed by atoms with van der Waals surface area (Å²) in [6.45, 7) is 4.65. The second-order valence-corrected chi connectivity index (χ2v) is 6.07. The van der Waals surface area contributed by atoms with E-state index >= 15 is 0 Å². The van der Waals surface area contributed by atoms with Crippen LogP contribution in [0.3, 0.4) is 0 Å². The first-order chi connectivity index (χ1) is 9.65. The highest BCUT2D eigenvalue weighted by Gasteiger charge is 2.16. The Bertz CT molecular complexity index is 726. The largest absolute Gasteiger partial charge is 0.382 e. The number of nitrogens with one attached hydrogen (secondary N) is 2. The third kappa shape index (κ3) is 2.39. The maximum Gasteiger partial charge on any atom is 0.149 e. The normalized spacial score (nSPS) is 10.9. The fourth-order valence-electron chi connectivity index (χ4n) is 1.83. The van der Waals surface area contributed by atoms with E-state index < -0.39 is 0 Å². The first kappa shape index (κ1) is 13.1. The van der Waals surface area contributed by atoms with Gasteiger partial charge in [0, 0.05) is 28.9 Å². The Kier molecular flexibility index (Phi) is 3.41. The number of anilines is 2. The minimum atomic E-state index is 0.524. The van der Waals surface area contributed by atoms with Gasteiger partial charge in [0.15, 0.2) is 0 Å². The molecule has 20 heavy (non-hydrogen) atoms. The van der Waals surface area contributed by atoms with Gasteiger partial charge in [0.25, 0.3) is 0 Å². The van der Waals surface area contributed by atoms with Crippen LogP contribution in [0.1, 0.15) is 17.0 Å². The molecule has 0 aliphatic carbocycles. The fraction of sp³-hybridized carbons (Fsp3) is 0.250. The second-order valence-electron chi connectivity index (χ2n) is 4.44. The highest BCUT2D eigenvalue weighted by Crippen LogP contribution is 2.38. The molecule has 0 fully saturated rings. The van der Waals surface area contributed by atoms with Crippen molar-refractivity contribution in [1.29, 1.82) is 0 Å². The average molecular weight is 306 g/mol. The molecule has 104 valence electrons. The number of H-pyrrole nitrogens is 1. The zero-order chi connectivity index (χ0) is 14.1. The molecule has 3 aromatic heterocycles. The lowest BCUT2D eigenvalue weighted by Crippen LogP contribution is -2.00. The summed E-state index contributed by atoms with van der Waals surface area (Å²) in [4.78, 5) is 4.48. The van der Waals surface area contributed by atoms with Crippen LogP contribution >= 0.6 is 22.9 Å². The number of thiazole rings is 1. The molecule has 0 spiro atoms. The molecule has 0 bridgehead atoms. The minimum Gasteiger partial charge on any atom is -0.382 e. The Morgan fingerprint density at radius 3 is 2.90 bits per heavy atom. The Labute approximate surface area is 124 Å². The maximum absolute atomic E-state index is 5.97. The van der Waals surface area contributed by atoms with Gasteiger partial charge in [0.1, 0.15) is 15.8 Å².